The fraction of sp³-hybridized carbons (Fsp3) is 0.875. The fourth-order valence-corrected chi connectivity index (χ4v) is 1.74. The number of hydrogen-bond donors (Lipinski definition) is 1. The molecule has 5 heteroatoms. The molecule has 1 saturated heterocycles. The molecule has 1 aliphatic heterocycles. The highest BCUT2D eigenvalue weighted by atomic mass is 16.6. The van der Waals surface area contributed by atoms with Gasteiger partial charge in [-0.2, -0.15) is 0 Å². The Morgan fingerprint density at radius 1 is 1.69 bits per heavy atom. The lowest BCUT2D eigenvalue weighted by Gasteiger charge is -2.29. The fourth-order valence-electron chi connectivity index (χ4n) is 1.74. The molecule has 13 heavy (non-hydrogen) atoms. The number of carbonyl (C=O) groups is 1. The predicted molar refractivity (Wildman–Crippen MR) is 46.8 cm³/mol. The molecule has 1 rings (SSSR count). The second kappa shape index (κ2) is 3.72. The molecule has 3 unspecified atom stereocenters. The van der Waals surface area contributed by atoms with Gasteiger partial charge in [0.15, 0.2) is 0 Å². The van der Waals surface area contributed by atoms with E-state index < -0.39 is 16.9 Å². The number of rotatable bonds is 2. The Morgan fingerprint density at radius 2 is 2.31 bits per heavy atom. The number of carbonyl (C=O) groups excluding carboxylic acids is 1. The minimum atomic E-state index is -1.04. The highest BCUT2D eigenvalue weighted by molar-refractivity contribution is 5.81. The highest BCUT2D eigenvalue weighted by Gasteiger charge is 2.39. The lowest BCUT2D eigenvalue weighted by molar-refractivity contribution is -0.511. The maximum absolute atomic E-state index is 11.2. The summed E-state index contributed by atoms with van der Waals surface area (Å²) in [5.74, 6) is -0.213. The first-order chi connectivity index (χ1) is 6.06. The van der Waals surface area contributed by atoms with Crippen LogP contribution in [0.25, 0.3) is 0 Å². The van der Waals surface area contributed by atoms with Crippen LogP contribution < -0.4 is 5.32 Å². The Morgan fingerprint density at radius 3 is 2.77 bits per heavy atom. The molecule has 5 nitrogen and oxygen atoms in total. The topological polar surface area (TPSA) is 72.2 Å². The normalized spacial score (nSPS) is 34.0. The van der Waals surface area contributed by atoms with E-state index in [4.69, 9.17) is 0 Å². The van der Waals surface area contributed by atoms with Crippen LogP contribution in [0, 0.1) is 16.0 Å². The molecular weight excluding hydrogens is 172 g/mol. The molecule has 0 aromatic rings. The van der Waals surface area contributed by atoms with Crippen molar-refractivity contribution >= 4 is 5.91 Å². The first-order valence-electron chi connectivity index (χ1n) is 4.50. The van der Waals surface area contributed by atoms with Gasteiger partial charge in [0, 0.05) is 17.4 Å². The number of nitrogens with one attached hydrogen (secondary N) is 1. The highest BCUT2D eigenvalue weighted by Crippen LogP contribution is 2.21. The van der Waals surface area contributed by atoms with E-state index in [1.54, 1.807) is 0 Å². The number of nitrogens with zero attached hydrogens (tertiary/aromatic N) is 1. The van der Waals surface area contributed by atoms with Gasteiger partial charge in [-0.15, -0.1) is 0 Å². The molecule has 1 amide bonds. The third-order valence-electron chi connectivity index (χ3n) is 2.68. The van der Waals surface area contributed by atoms with Gasteiger partial charge in [0.05, 0.1) is 0 Å². The standard InChI is InChI=1S/C8H14N2O3/c1-3-6-4-7(10(12)13)8(11)9-5(6)2/h5-7H,3-4H2,1-2H3,(H,9,11). The van der Waals surface area contributed by atoms with Crippen LogP contribution in [-0.2, 0) is 4.79 Å². The van der Waals surface area contributed by atoms with Gasteiger partial charge in [-0.25, -0.2) is 0 Å². The van der Waals surface area contributed by atoms with Gasteiger partial charge >= 0.3 is 0 Å². The average Bonchev–Trinajstić information content (AvgIpc) is 2.03. The zero-order valence-corrected chi connectivity index (χ0v) is 7.82. The number of hydrogen-bond acceptors (Lipinski definition) is 3. The molecule has 0 radical (unpaired) electrons. The van der Waals surface area contributed by atoms with E-state index in [2.05, 4.69) is 5.32 Å². The maximum Gasteiger partial charge on any atom is 0.295 e. The summed E-state index contributed by atoms with van der Waals surface area (Å²) in [6, 6.07) is -0.977. The Hall–Kier alpha value is -1.13. The molecule has 1 fully saturated rings. The molecule has 0 bridgehead atoms. The molecule has 3 atom stereocenters. The minimum absolute atomic E-state index is 0.0636. The molecular formula is C8H14N2O3. The van der Waals surface area contributed by atoms with E-state index in [1.807, 2.05) is 13.8 Å². The summed E-state index contributed by atoms with van der Waals surface area (Å²) in [5, 5.41) is 13.1. The predicted octanol–water partition coefficient (Wildman–Crippen LogP) is 0.566. The summed E-state index contributed by atoms with van der Waals surface area (Å²) >= 11 is 0. The summed E-state index contributed by atoms with van der Waals surface area (Å²) < 4.78 is 0. The molecule has 1 N–H and O–H groups in total. The van der Waals surface area contributed by atoms with E-state index in [9.17, 15) is 14.9 Å². The van der Waals surface area contributed by atoms with Crippen LogP contribution in [0.1, 0.15) is 26.7 Å². The van der Waals surface area contributed by atoms with E-state index in [-0.39, 0.29) is 12.0 Å². The first-order valence-corrected chi connectivity index (χ1v) is 4.50. The van der Waals surface area contributed by atoms with E-state index in [0.717, 1.165) is 6.42 Å². The Labute approximate surface area is 76.7 Å². The van der Waals surface area contributed by atoms with Crippen LogP contribution >= 0.6 is 0 Å². The molecule has 0 aromatic carbocycles. The second-order valence-corrected chi connectivity index (χ2v) is 3.50. The van der Waals surface area contributed by atoms with Gasteiger partial charge in [0.25, 0.3) is 11.9 Å². The van der Waals surface area contributed by atoms with Crippen LogP contribution in [0.3, 0.4) is 0 Å². The molecule has 0 aromatic heterocycles. The third kappa shape index (κ3) is 1.96. The van der Waals surface area contributed by atoms with Crippen molar-refractivity contribution < 1.29 is 9.72 Å². The monoisotopic (exact) mass is 186 g/mol. The third-order valence-corrected chi connectivity index (χ3v) is 2.68. The van der Waals surface area contributed by atoms with Gasteiger partial charge in [-0.1, -0.05) is 13.3 Å². The minimum Gasteiger partial charge on any atom is -0.347 e. The Kier molecular flexibility index (Phi) is 2.85. The smallest absolute Gasteiger partial charge is 0.295 e. The van der Waals surface area contributed by atoms with Crippen molar-refractivity contribution in [2.45, 2.75) is 38.8 Å². The van der Waals surface area contributed by atoms with Crippen molar-refractivity contribution in [1.29, 1.82) is 0 Å². The Bertz CT molecular complexity index is 229. The zero-order valence-electron chi connectivity index (χ0n) is 7.82. The van der Waals surface area contributed by atoms with Gasteiger partial charge in [-0.05, 0) is 12.8 Å². The summed E-state index contributed by atoms with van der Waals surface area (Å²) in [6.45, 7) is 3.87. The largest absolute Gasteiger partial charge is 0.347 e. The van der Waals surface area contributed by atoms with Crippen LogP contribution in [0.2, 0.25) is 0 Å². The van der Waals surface area contributed by atoms with Crippen molar-refractivity contribution in [2.24, 2.45) is 5.92 Å². The van der Waals surface area contributed by atoms with Crippen LogP contribution in [0.5, 0.6) is 0 Å². The van der Waals surface area contributed by atoms with Gasteiger partial charge < -0.3 is 5.32 Å². The molecule has 1 aliphatic rings. The quantitative estimate of drug-likeness (QED) is 0.506. The number of nitro groups is 1. The van der Waals surface area contributed by atoms with Crippen molar-refractivity contribution in [3.8, 4) is 0 Å². The van der Waals surface area contributed by atoms with Crippen molar-refractivity contribution in [3.05, 3.63) is 10.1 Å². The van der Waals surface area contributed by atoms with Crippen LogP contribution in [0.4, 0.5) is 0 Å². The van der Waals surface area contributed by atoms with Crippen LogP contribution in [0.15, 0.2) is 0 Å². The molecule has 0 spiro atoms. The van der Waals surface area contributed by atoms with Gasteiger partial charge in [0.2, 0.25) is 0 Å². The SMILES string of the molecule is CCC1CC([N+](=O)[O-])C(=O)NC1C. The lowest BCUT2D eigenvalue weighted by atomic mass is 9.87. The maximum atomic E-state index is 11.2. The summed E-state index contributed by atoms with van der Waals surface area (Å²) in [4.78, 5) is 21.1. The van der Waals surface area contributed by atoms with Crippen molar-refractivity contribution in [1.82, 2.24) is 5.32 Å². The molecule has 1 heterocycles. The average molecular weight is 186 g/mol. The van der Waals surface area contributed by atoms with Crippen LogP contribution in [-0.4, -0.2) is 22.9 Å². The number of amides is 1. The van der Waals surface area contributed by atoms with E-state index in [0.29, 0.717) is 6.42 Å². The second-order valence-electron chi connectivity index (χ2n) is 3.50. The summed E-state index contributed by atoms with van der Waals surface area (Å²) in [6.07, 6.45) is 1.24. The summed E-state index contributed by atoms with van der Waals surface area (Å²) in [7, 11) is 0. The zero-order chi connectivity index (χ0) is 10.0. The molecule has 0 aliphatic carbocycles. The first kappa shape index (κ1) is 9.95. The van der Waals surface area contributed by atoms with Crippen molar-refractivity contribution in [3.63, 3.8) is 0 Å². The number of piperidine rings is 1. The van der Waals surface area contributed by atoms with Gasteiger partial charge in [0.1, 0.15) is 0 Å². The van der Waals surface area contributed by atoms with Gasteiger partial charge in [-0.3, -0.25) is 14.9 Å². The van der Waals surface area contributed by atoms with Crippen molar-refractivity contribution in [2.75, 3.05) is 0 Å². The molecule has 74 valence electrons. The summed E-state index contributed by atoms with van der Waals surface area (Å²) in [5.41, 5.74) is 0. The van der Waals surface area contributed by atoms with E-state index in [1.165, 1.54) is 0 Å². The van der Waals surface area contributed by atoms with E-state index >= 15 is 0 Å². The molecule has 0 saturated carbocycles. The lowest BCUT2D eigenvalue weighted by Crippen LogP contribution is -2.52. The Balaban J connectivity index is 2.69.